The lowest BCUT2D eigenvalue weighted by atomic mass is 9.82. The fourth-order valence-electron chi connectivity index (χ4n) is 2.20. The molecular weight excluding hydrogens is 176 g/mol. The van der Waals surface area contributed by atoms with Crippen molar-refractivity contribution in [3.8, 4) is 0 Å². The van der Waals surface area contributed by atoms with Crippen LogP contribution in [0.15, 0.2) is 11.1 Å². The van der Waals surface area contributed by atoms with Gasteiger partial charge in [-0.3, -0.25) is 9.59 Å². The highest BCUT2D eigenvalue weighted by atomic mass is 16.1. The van der Waals surface area contributed by atoms with Crippen LogP contribution in [0, 0.1) is 5.92 Å². The Morgan fingerprint density at radius 1 is 1.14 bits per heavy atom. The first-order chi connectivity index (χ1) is 6.83. The molecule has 0 spiro atoms. The Morgan fingerprint density at radius 2 is 1.79 bits per heavy atom. The van der Waals surface area contributed by atoms with E-state index in [-0.39, 0.29) is 0 Å². The van der Waals surface area contributed by atoms with E-state index < -0.39 is 0 Å². The average Bonchev–Trinajstić information content (AvgIpc) is 2.27. The maximum atomic E-state index is 10.9. The van der Waals surface area contributed by atoms with Gasteiger partial charge in [0.25, 0.3) is 0 Å². The van der Waals surface area contributed by atoms with Crippen LogP contribution < -0.4 is 0 Å². The van der Waals surface area contributed by atoms with E-state index in [1.807, 2.05) is 6.92 Å². The summed E-state index contributed by atoms with van der Waals surface area (Å²) in [5, 5.41) is 0. The molecular formula is C12H18O2. The molecule has 0 bridgehead atoms. The molecule has 0 unspecified atom stereocenters. The van der Waals surface area contributed by atoms with E-state index in [4.69, 9.17) is 0 Å². The normalized spacial score (nSPS) is 20.1. The van der Waals surface area contributed by atoms with Crippen LogP contribution in [-0.4, -0.2) is 12.6 Å². The monoisotopic (exact) mass is 194 g/mol. The van der Waals surface area contributed by atoms with Crippen LogP contribution in [-0.2, 0) is 9.59 Å². The fraction of sp³-hybridized carbons (Fsp3) is 0.667. The zero-order chi connectivity index (χ0) is 10.4. The summed E-state index contributed by atoms with van der Waals surface area (Å²) >= 11 is 0. The molecule has 0 amide bonds. The molecule has 1 aliphatic carbocycles. The van der Waals surface area contributed by atoms with Crippen LogP contribution >= 0.6 is 0 Å². The van der Waals surface area contributed by atoms with Gasteiger partial charge in [-0.25, -0.2) is 0 Å². The molecule has 1 fully saturated rings. The summed E-state index contributed by atoms with van der Waals surface area (Å²) in [7, 11) is 0. The van der Waals surface area contributed by atoms with Crippen molar-refractivity contribution in [2.75, 3.05) is 0 Å². The van der Waals surface area contributed by atoms with E-state index in [1.165, 1.54) is 19.3 Å². The second-order valence-electron chi connectivity index (χ2n) is 3.90. The lowest BCUT2D eigenvalue weighted by molar-refractivity contribution is -0.107. The number of rotatable bonds is 4. The van der Waals surface area contributed by atoms with E-state index in [2.05, 4.69) is 0 Å². The number of carbonyl (C=O) groups is 2. The minimum Gasteiger partial charge on any atom is -0.298 e. The largest absolute Gasteiger partial charge is 0.298 e. The van der Waals surface area contributed by atoms with Crippen molar-refractivity contribution in [2.24, 2.45) is 5.92 Å². The predicted octanol–water partition coefficient (Wildman–Crippen LogP) is 2.67. The van der Waals surface area contributed by atoms with Gasteiger partial charge in [0, 0.05) is 5.57 Å². The smallest absolute Gasteiger partial charge is 0.146 e. The molecule has 2 nitrogen and oxygen atoms in total. The summed E-state index contributed by atoms with van der Waals surface area (Å²) in [6.45, 7) is 1.93. The van der Waals surface area contributed by atoms with Crippen LogP contribution in [0.5, 0.6) is 0 Å². The lowest BCUT2D eigenvalue weighted by Crippen LogP contribution is -2.12. The number of aldehydes is 2. The maximum absolute atomic E-state index is 10.9. The Kier molecular flexibility index (Phi) is 4.57. The second kappa shape index (κ2) is 5.74. The van der Waals surface area contributed by atoms with Crippen molar-refractivity contribution in [1.29, 1.82) is 0 Å². The quantitative estimate of drug-likeness (QED) is 0.509. The first-order valence-electron chi connectivity index (χ1n) is 5.46. The van der Waals surface area contributed by atoms with Gasteiger partial charge in [-0.15, -0.1) is 0 Å². The van der Waals surface area contributed by atoms with Gasteiger partial charge in [-0.2, -0.15) is 0 Å². The number of hydrogen-bond donors (Lipinski definition) is 0. The highest BCUT2D eigenvalue weighted by Crippen LogP contribution is 2.30. The number of carbonyl (C=O) groups excluding carboxylic acids is 2. The minimum atomic E-state index is 0.349. The second-order valence-corrected chi connectivity index (χ2v) is 3.90. The van der Waals surface area contributed by atoms with Gasteiger partial charge < -0.3 is 0 Å². The van der Waals surface area contributed by atoms with E-state index in [9.17, 15) is 9.59 Å². The summed E-state index contributed by atoms with van der Waals surface area (Å²) in [6.07, 6.45) is 8.22. The molecule has 0 aromatic heterocycles. The van der Waals surface area contributed by atoms with Gasteiger partial charge >= 0.3 is 0 Å². The van der Waals surface area contributed by atoms with Crippen LogP contribution in [0.3, 0.4) is 0 Å². The minimum absolute atomic E-state index is 0.349. The van der Waals surface area contributed by atoms with Crippen molar-refractivity contribution < 1.29 is 9.59 Å². The van der Waals surface area contributed by atoms with Gasteiger partial charge in [0.05, 0.1) is 0 Å². The van der Waals surface area contributed by atoms with Crippen molar-refractivity contribution >= 4 is 12.6 Å². The van der Waals surface area contributed by atoms with Crippen molar-refractivity contribution in [2.45, 2.75) is 45.4 Å². The van der Waals surface area contributed by atoms with Gasteiger partial charge in [0.1, 0.15) is 12.6 Å². The Hall–Kier alpha value is -0.920. The molecule has 78 valence electrons. The first kappa shape index (κ1) is 11.2. The van der Waals surface area contributed by atoms with Gasteiger partial charge in [0.2, 0.25) is 0 Å². The summed E-state index contributed by atoms with van der Waals surface area (Å²) in [5.74, 6) is 0.349. The lowest BCUT2D eigenvalue weighted by Gasteiger charge is -2.22. The molecule has 1 rings (SSSR count). The van der Waals surface area contributed by atoms with Crippen molar-refractivity contribution in [3.05, 3.63) is 11.1 Å². The van der Waals surface area contributed by atoms with Crippen molar-refractivity contribution in [3.63, 3.8) is 0 Å². The molecule has 1 saturated carbocycles. The van der Waals surface area contributed by atoms with E-state index in [1.54, 1.807) is 0 Å². The SMILES string of the molecule is CCC(C=O)=C(C=O)C1CCCCC1. The molecule has 0 saturated heterocycles. The van der Waals surface area contributed by atoms with E-state index in [0.717, 1.165) is 31.0 Å². The molecule has 1 aliphatic rings. The van der Waals surface area contributed by atoms with E-state index in [0.29, 0.717) is 17.9 Å². The molecule has 0 aliphatic heterocycles. The zero-order valence-electron chi connectivity index (χ0n) is 8.79. The highest BCUT2D eigenvalue weighted by Gasteiger charge is 2.19. The van der Waals surface area contributed by atoms with Crippen LogP contribution in [0.2, 0.25) is 0 Å². The standard InChI is InChI=1S/C12H18O2/c1-2-10(8-13)12(9-14)11-6-4-3-5-7-11/h8-9,11H,2-7H2,1H3. The van der Waals surface area contributed by atoms with E-state index >= 15 is 0 Å². The third-order valence-electron chi connectivity index (χ3n) is 3.07. The van der Waals surface area contributed by atoms with Gasteiger partial charge in [-0.05, 0) is 30.8 Å². The van der Waals surface area contributed by atoms with Gasteiger partial charge in [0.15, 0.2) is 0 Å². The molecule has 0 aromatic carbocycles. The molecule has 0 heterocycles. The van der Waals surface area contributed by atoms with Gasteiger partial charge in [-0.1, -0.05) is 26.2 Å². The molecule has 2 heteroatoms. The third kappa shape index (κ3) is 2.53. The number of hydrogen-bond acceptors (Lipinski definition) is 2. The predicted molar refractivity (Wildman–Crippen MR) is 56.0 cm³/mol. The fourth-order valence-corrected chi connectivity index (χ4v) is 2.20. The Bertz CT molecular complexity index is 235. The maximum Gasteiger partial charge on any atom is 0.146 e. The Labute approximate surface area is 85.4 Å². The zero-order valence-corrected chi connectivity index (χ0v) is 8.79. The molecule has 0 aromatic rings. The Balaban J connectivity index is 2.82. The van der Waals surface area contributed by atoms with Crippen LogP contribution in [0.25, 0.3) is 0 Å². The third-order valence-corrected chi connectivity index (χ3v) is 3.07. The summed E-state index contributed by atoms with van der Waals surface area (Å²) in [4.78, 5) is 21.7. The summed E-state index contributed by atoms with van der Waals surface area (Å²) < 4.78 is 0. The molecule has 0 atom stereocenters. The Morgan fingerprint density at radius 3 is 2.21 bits per heavy atom. The van der Waals surface area contributed by atoms with Crippen molar-refractivity contribution in [1.82, 2.24) is 0 Å². The summed E-state index contributed by atoms with van der Waals surface area (Å²) in [5.41, 5.74) is 1.47. The average molecular weight is 194 g/mol. The molecule has 14 heavy (non-hydrogen) atoms. The topological polar surface area (TPSA) is 34.1 Å². The highest BCUT2D eigenvalue weighted by molar-refractivity contribution is 5.87. The molecule has 0 radical (unpaired) electrons. The van der Waals surface area contributed by atoms with Crippen LogP contribution in [0.4, 0.5) is 0 Å². The summed E-state index contributed by atoms with van der Waals surface area (Å²) in [6, 6.07) is 0. The molecule has 0 N–H and O–H groups in total. The van der Waals surface area contributed by atoms with Crippen LogP contribution in [0.1, 0.15) is 45.4 Å². The first-order valence-corrected chi connectivity index (χ1v) is 5.46. The number of allylic oxidation sites excluding steroid dienone is 2.